The number of aryl methyl sites for hydroxylation is 2. The Hall–Kier alpha value is -1.92. The monoisotopic (exact) mass is 334 g/mol. The lowest BCUT2D eigenvalue weighted by molar-refractivity contribution is 0.337. The molecule has 0 radical (unpaired) electrons. The minimum Gasteiger partial charge on any atom is -0.494 e. The third-order valence-electron chi connectivity index (χ3n) is 3.59. The van der Waals surface area contributed by atoms with E-state index in [1.165, 1.54) is 4.31 Å². The topological polar surface area (TPSA) is 59.5 Å². The highest BCUT2D eigenvalue weighted by Gasteiger charge is 2.24. The van der Waals surface area contributed by atoms with Crippen molar-refractivity contribution in [3.05, 3.63) is 53.3 Å². The summed E-state index contributed by atoms with van der Waals surface area (Å²) in [4.78, 5) is 4.33. The van der Waals surface area contributed by atoms with Crippen LogP contribution in [-0.2, 0) is 16.6 Å². The van der Waals surface area contributed by atoms with Gasteiger partial charge >= 0.3 is 0 Å². The van der Waals surface area contributed by atoms with E-state index in [0.29, 0.717) is 17.1 Å². The van der Waals surface area contributed by atoms with Crippen molar-refractivity contribution in [2.75, 3.05) is 13.7 Å². The molecule has 0 spiro atoms. The van der Waals surface area contributed by atoms with E-state index in [1.54, 1.807) is 44.6 Å². The lowest BCUT2D eigenvalue weighted by Crippen LogP contribution is -2.27. The zero-order valence-corrected chi connectivity index (χ0v) is 14.7. The number of hydrogen-bond acceptors (Lipinski definition) is 4. The fourth-order valence-corrected chi connectivity index (χ4v) is 3.80. The van der Waals surface area contributed by atoms with E-state index in [0.717, 1.165) is 16.9 Å². The fraction of sp³-hybridized carbons (Fsp3) is 0.353. The number of hydrogen-bond donors (Lipinski definition) is 0. The first-order valence-electron chi connectivity index (χ1n) is 7.45. The number of aromatic nitrogens is 1. The van der Waals surface area contributed by atoms with Crippen LogP contribution in [0.4, 0.5) is 0 Å². The molecular weight excluding hydrogens is 312 g/mol. The molecule has 2 rings (SSSR count). The lowest BCUT2D eigenvalue weighted by atomic mass is 10.1. The number of benzene rings is 1. The molecule has 0 saturated heterocycles. The first kappa shape index (κ1) is 17.4. The van der Waals surface area contributed by atoms with Crippen molar-refractivity contribution < 1.29 is 13.2 Å². The molecule has 23 heavy (non-hydrogen) atoms. The molecule has 0 fully saturated rings. The Bertz CT molecular complexity index is 774. The molecule has 1 aromatic heterocycles. The molecule has 124 valence electrons. The summed E-state index contributed by atoms with van der Waals surface area (Å²) in [6, 6.07) is 7.11. The molecule has 0 aliphatic heterocycles. The van der Waals surface area contributed by atoms with Gasteiger partial charge in [0.1, 0.15) is 5.75 Å². The van der Waals surface area contributed by atoms with Crippen LogP contribution in [0.5, 0.6) is 5.75 Å². The van der Waals surface area contributed by atoms with E-state index < -0.39 is 10.0 Å². The number of sulfonamides is 1. The van der Waals surface area contributed by atoms with Gasteiger partial charge < -0.3 is 4.74 Å². The van der Waals surface area contributed by atoms with Crippen LogP contribution in [0.25, 0.3) is 0 Å². The van der Waals surface area contributed by atoms with E-state index in [9.17, 15) is 8.42 Å². The van der Waals surface area contributed by atoms with E-state index in [2.05, 4.69) is 4.98 Å². The van der Waals surface area contributed by atoms with Gasteiger partial charge in [-0.3, -0.25) is 4.98 Å². The standard InChI is InChI=1S/C17H22N2O3S/c1-5-22-16-9-14(3)17(10-13(16)2)23(20,21)19(4)12-15-7-6-8-18-11-15/h6-11H,5,12H2,1-4H3. The highest BCUT2D eigenvalue weighted by molar-refractivity contribution is 7.89. The van der Waals surface area contributed by atoms with Crippen LogP contribution >= 0.6 is 0 Å². The molecule has 0 amide bonds. The zero-order chi connectivity index (χ0) is 17.0. The minimum atomic E-state index is -3.57. The Morgan fingerprint density at radius 3 is 2.57 bits per heavy atom. The van der Waals surface area contributed by atoms with Crippen LogP contribution in [0.15, 0.2) is 41.6 Å². The number of ether oxygens (including phenoxy) is 1. The van der Waals surface area contributed by atoms with Gasteiger partial charge in [0.2, 0.25) is 10.0 Å². The van der Waals surface area contributed by atoms with Gasteiger partial charge in [0.15, 0.2) is 0 Å². The van der Waals surface area contributed by atoms with Crippen molar-refractivity contribution in [3.8, 4) is 5.75 Å². The van der Waals surface area contributed by atoms with E-state index in [-0.39, 0.29) is 6.54 Å². The van der Waals surface area contributed by atoms with Gasteiger partial charge in [0.05, 0.1) is 11.5 Å². The van der Waals surface area contributed by atoms with Crippen molar-refractivity contribution in [2.45, 2.75) is 32.2 Å². The molecule has 1 heterocycles. The summed E-state index contributed by atoms with van der Waals surface area (Å²) in [5.41, 5.74) is 2.33. The normalized spacial score (nSPS) is 11.7. The molecule has 5 nitrogen and oxygen atoms in total. The number of nitrogens with zero attached hydrogens (tertiary/aromatic N) is 2. The Morgan fingerprint density at radius 2 is 1.96 bits per heavy atom. The lowest BCUT2D eigenvalue weighted by Gasteiger charge is -2.20. The third-order valence-corrected chi connectivity index (χ3v) is 5.53. The average molecular weight is 334 g/mol. The van der Waals surface area contributed by atoms with Crippen molar-refractivity contribution in [2.24, 2.45) is 0 Å². The van der Waals surface area contributed by atoms with Crippen LogP contribution in [0.3, 0.4) is 0 Å². The van der Waals surface area contributed by atoms with Crippen molar-refractivity contribution in [3.63, 3.8) is 0 Å². The molecule has 6 heteroatoms. The molecule has 1 aromatic carbocycles. The molecular formula is C17H22N2O3S. The van der Waals surface area contributed by atoms with Crippen LogP contribution in [0.2, 0.25) is 0 Å². The smallest absolute Gasteiger partial charge is 0.243 e. The Balaban J connectivity index is 2.34. The zero-order valence-electron chi connectivity index (χ0n) is 13.9. The molecule has 0 unspecified atom stereocenters. The van der Waals surface area contributed by atoms with Crippen LogP contribution in [0, 0.1) is 13.8 Å². The van der Waals surface area contributed by atoms with E-state index in [1.807, 2.05) is 19.9 Å². The Morgan fingerprint density at radius 1 is 1.22 bits per heavy atom. The summed E-state index contributed by atoms with van der Waals surface area (Å²) in [6.07, 6.45) is 3.33. The minimum absolute atomic E-state index is 0.280. The molecule has 0 bridgehead atoms. The van der Waals surface area contributed by atoms with Crippen LogP contribution in [-0.4, -0.2) is 31.4 Å². The molecule has 0 aliphatic rings. The SMILES string of the molecule is CCOc1cc(C)c(S(=O)(=O)N(C)Cc2cccnc2)cc1C. The molecule has 0 saturated carbocycles. The Labute approximate surface area is 138 Å². The first-order chi connectivity index (χ1) is 10.9. The number of rotatable bonds is 6. The average Bonchev–Trinajstić information content (AvgIpc) is 2.51. The predicted octanol–water partition coefficient (Wildman–Crippen LogP) is 2.92. The van der Waals surface area contributed by atoms with Gasteiger partial charge in [-0.15, -0.1) is 0 Å². The summed E-state index contributed by atoms with van der Waals surface area (Å²) in [5.74, 6) is 0.721. The second kappa shape index (κ2) is 7.10. The van der Waals surface area contributed by atoms with Gasteiger partial charge in [-0.2, -0.15) is 4.31 Å². The quantitative estimate of drug-likeness (QED) is 0.815. The molecule has 0 aliphatic carbocycles. The third kappa shape index (κ3) is 3.89. The molecule has 0 N–H and O–H groups in total. The number of pyridine rings is 1. The van der Waals surface area contributed by atoms with Gasteiger partial charge in [0, 0.05) is 26.0 Å². The second-order valence-corrected chi connectivity index (χ2v) is 7.45. The van der Waals surface area contributed by atoms with Crippen molar-refractivity contribution in [1.29, 1.82) is 0 Å². The predicted molar refractivity (Wildman–Crippen MR) is 90.0 cm³/mol. The summed E-state index contributed by atoms with van der Waals surface area (Å²) >= 11 is 0. The summed E-state index contributed by atoms with van der Waals surface area (Å²) < 4.78 is 32.6. The van der Waals surface area contributed by atoms with Gasteiger partial charge in [-0.1, -0.05) is 6.07 Å². The fourth-order valence-electron chi connectivity index (χ4n) is 2.35. The van der Waals surface area contributed by atoms with Crippen LogP contribution in [0.1, 0.15) is 23.6 Å². The second-order valence-electron chi connectivity index (χ2n) is 5.44. The summed E-state index contributed by atoms with van der Waals surface area (Å²) in [5, 5.41) is 0. The van der Waals surface area contributed by atoms with Gasteiger partial charge in [0.25, 0.3) is 0 Å². The highest BCUT2D eigenvalue weighted by atomic mass is 32.2. The highest BCUT2D eigenvalue weighted by Crippen LogP contribution is 2.28. The maximum absolute atomic E-state index is 12.8. The first-order valence-corrected chi connectivity index (χ1v) is 8.89. The largest absolute Gasteiger partial charge is 0.494 e. The van der Waals surface area contributed by atoms with Crippen molar-refractivity contribution >= 4 is 10.0 Å². The summed E-state index contributed by atoms with van der Waals surface area (Å²) in [7, 11) is -2.00. The van der Waals surface area contributed by atoms with Gasteiger partial charge in [-0.25, -0.2) is 8.42 Å². The summed E-state index contributed by atoms with van der Waals surface area (Å²) in [6.45, 7) is 6.37. The maximum Gasteiger partial charge on any atom is 0.243 e. The van der Waals surface area contributed by atoms with E-state index in [4.69, 9.17) is 4.74 Å². The van der Waals surface area contributed by atoms with E-state index >= 15 is 0 Å². The molecule has 0 atom stereocenters. The molecule has 2 aromatic rings. The van der Waals surface area contributed by atoms with Crippen LogP contribution < -0.4 is 4.74 Å². The van der Waals surface area contributed by atoms with Crippen molar-refractivity contribution in [1.82, 2.24) is 9.29 Å². The maximum atomic E-state index is 12.8. The van der Waals surface area contributed by atoms with Gasteiger partial charge in [-0.05, 0) is 55.7 Å². The Kier molecular flexibility index (Phi) is 5.38.